The number of hydrogen-bond acceptors (Lipinski definition) is 6. The number of nitrogens with one attached hydrogen (secondary N) is 1. The van der Waals surface area contributed by atoms with E-state index in [9.17, 15) is 9.59 Å². The number of amides is 1. The van der Waals surface area contributed by atoms with E-state index >= 15 is 0 Å². The van der Waals surface area contributed by atoms with Crippen molar-refractivity contribution in [1.29, 1.82) is 0 Å². The van der Waals surface area contributed by atoms with Crippen molar-refractivity contribution in [3.8, 4) is 5.69 Å². The largest absolute Gasteiger partial charge is 0.338 e. The standard InChI is InChI=1S/C22H20N4O2S3/c1-2-25(13-15-9-5-3-6-10-15)17(27)14-30-21-23-19-18(20(28)24-21)31-22(29)26(19)16-11-7-4-8-12-16/h3-12H,2,13-14H2,1H3,(H,23,24,28). The number of para-hydroxylation sites is 1. The van der Waals surface area contributed by atoms with Gasteiger partial charge in [-0.15, -0.1) is 0 Å². The van der Waals surface area contributed by atoms with Crippen molar-refractivity contribution in [3.63, 3.8) is 0 Å². The lowest BCUT2D eigenvalue weighted by Gasteiger charge is -2.20. The van der Waals surface area contributed by atoms with Gasteiger partial charge in [-0.1, -0.05) is 71.6 Å². The van der Waals surface area contributed by atoms with E-state index in [1.54, 1.807) is 9.47 Å². The molecule has 0 unspecified atom stereocenters. The maximum absolute atomic E-state index is 12.8. The maximum Gasteiger partial charge on any atom is 0.271 e. The first-order chi connectivity index (χ1) is 15.1. The average molecular weight is 469 g/mol. The molecule has 6 nitrogen and oxygen atoms in total. The second kappa shape index (κ2) is 9.59. The third-order valence-electron chi connectivity index (χ3n) is 4.72. The van der Waals surface area contributed by atoms with Crippen molar-refractivity contribution >= 4 is 51.6 Å². The smallest absolute Gasteiger partial charge is 0.271 e. The van der Waals surface area contributed by atoms with Crippen LogP contribution in [0.5, 0.6) is 0 Å². The van der Waals surface area contributed by atoms with Crippen LogP contribution in [0.4, 0.5) is 0 Å². The molecule has 2 aromatic carbocycles. The number of H-pyrrole nitrogens is 1. The average Bonchev–Trinajstić information content (AvgIpc) is 3.13. The van der Waals surface area contributed by atoms with Gasteiger partial charge < -0.3 is 9.88 Å². The van der Waals surface area contributed by atoms with Gasteiger partial charge in [0.25, 0.3) is 5.56 Å². The minimum atomic E-state index is -0.248. The van der Waals surface area contributed by atoms with Crippen LogP contribution in [0.15, 0.2) is 70.6 Å². The summed E-state index contributed by atoms with van der Waals surface area (Å²) in [6.07, 6.45) is 0. The number of fused-ring (bicyclic) bond motifs is 1. The van der Waals surface area contributed by atoms with Crippen molar-refractivity contribution in [2.45, 2.75) is 18.6 Å². The Bertz CT molecular complexity index is 1310. The fraction of sp³-hybridized carbons (Fsp3) is 0.182. The van der Waals surface area contributed by atoms with Crippen LogP contribution in [0.25, 0.3) is 16.0 Å². The SMILES string of the molecule is CCN(Cc1ccccc1)C(=O)CSc1nc2c(sc(=S)n2-c2ccccc2)c(=O)[nH]1. The minimum Gasteiger partial charge on any atom is -0.338 e. The molecular formula is C22H20N4O2S3. The second-order valence-electron chi connectivity index (χ2n) is 6.74. The summed E-state index contributed by atoms with van der Waals surface area (Å²) < 4.78 is 2.82. The summed E-state index contributed by atoms with van der Waals surface area (Å²) in [6, 6.07) is 19.5. The Morgan fingerprint density at radius 1 is 1.16 bits per heavy atom. The monoisotopic (exact) mass is 468 g/mol. The Labute approximate surface area is 192 Å². The number of aromatic amines is 1. The molecule has 0 radical (unpaired) electrons. The fourth-order valence-corrected chi connectivity index (χ4v) is 5.20. The molecule has 1 amide bonds. The van der Waals surface area contributed by atoms with E-state index in [0.29, 0.717) is 32.5 Å². The van der Waals surface area contributed by atoms with Crippen molar-refractivity contribution in [1.82, 2.24) is 19.4 Å². The van der Waals surface area contributed by atoms with Gasteiger partial charge in [-0.25, -0.2) is 4.98 Å². The molecule has 1 N–H and O–H groups in total. The van der Waals surface area contributed by atoms with Crippen molar-refractivity contribution in [3.05, 3.63) is 80.5 Å². The molecule has 0 saturated heterocycles. The van der Waals surface area contributed by atoms with Gasteiger partial charge in [-0.3, -0.25) is 14.2 Å². The Balaban J connectivity index is 1.57. The summed E-state index contributed by atoms with van der Waals surface area (Å²) in [5.74, 6) is 0.176. The van der Waals surface area contributed by atoms with Crippen molar-refractivity contribution < 1.29 is 4.79 Å². The highest BCUT2D eigenvalue weighted by molar-refractivity contribution is 7.99. The lowest BCUT2D eigenvalue weighted by Crippen LogP contribution is -2.31. The predicted octanol–water partition coefficient (Wildman–Crippen LogP) is 4.65. The summed E-state index contributed by atoms with van der Waals surface area (Å²) in [5.41, 5.74) is 2.19. The first kappa shape index (κ1) is 21.5. The first-order valence-corrected chi connectivity index (χ1v) is 11.9. The first-order valence-electron chi connectivity index (χ1n) is 9.72. The molecule has 9 heteroatoms. The highest BCUT2D eigenvalue weighted by Gasteiger charge is 2.16. The quantitative estimate of drug-likeness (QED) is 0.243. The highest BCUT2D eigenvalue weighted by atomic mass is 32.2. The van der Waals surface area contributed by atoms with Crippen LogP contribution in [0.1, 0.15) is 12.5 Å². The summed E-state index contributed by atoms with van der Waals surface area (Å²) in [5, 5.41) is 0.402. The van der Waals surface area contributed by atoms with Crippen LogP contribution in [0, 0.1) is 3.95 Å². The van der Waals surface area contributed by atoms with Crippen LogP contribution < -0.4 is 5.56 Å². The molecule has 4 rings (SSSR count). The predicted molar refractivity (Wildman–Crippen MR) is 129 cm³/mol. The molecule has 0 bridgehead atoms. The van der Waals surface area contributed by atoms with Crippen molar-refractivity contribution in [2.24, 2.45) is 0 Å². The van der Waals surface area contributed by atoms with Gasteiger partial charge in [0, 0.05) is 18.8 Å². The maximum atomic E-state index is 12.8. The van der Waals surface area contributed by atoms with Crippen LogP contribution in [0.2, 0.25) is 0 Å². The number of thioether (sulfide) groups is 1. The molecule has 0 spiro atoms. The lowest BCUT2D eigenvalue weighted by atomic mass is 10.2. The van der Waals surface area contributed by atoms with E-state index in [4.69, 9.17) is 12.2 Å². The number of thiazole rings is 1. The van der Waals surface area contributed by atoms with E-state index in [0.717, 1.165) is 11.3 Å². The molecule has 0 saturated carbocycles. The van der Waals surface area contributed by atoms with Crippen LogP contribution in [-0.4, -0.2) is 37.6 Å². The van der Waals surface area contributed by atoms with Gasteiger partial charge >= 0.3 is 0 Å². The van der Waals surface area contributed by atoms with E-state index < -0.39 is 0 Å². The lowest BCUT2D eigenvalue weighted by molar-refractivity contribution is -0.128. The Hall–Kier alpha value is -2.75. The van der Waals surface area contributed by atoms with Gasteiger partial charge in [0.05, 0.1) is 5.75 Å². The number of hydrogen-bond donors (Lipinski definition) is 1. The van der Waals surface area contributed by atoms with Gasteiger partial charge in [-0.05, 0) is 36.8 Å². The molecule has 31 heavy (non-hydrogen) atoms. The zero-order valence-corrected chi connectivity index (χ0v) is 19.2. The number of rotatable bonds is 7. The number of carbonyl (C=O) groups is 1. The minimum absolute atomic E-state index is 0.00990. The number of nitrogens with zero attached hydrogens (tertiary/aromatic N) is 3. The van der Waals surface area contributed by atoms with E-state index in [2.05, 4.69) is 9.97 Å². The number of aromatic nitrogens is 3. The molecule has 0 aliphatic carbocycles. The van der Waals surface area contributed by atoms with E-state index in [-0.39, 0.29) is 17.2 Å². The molecule has 2 heterocycles. The fourth-order valence-electron chi connectivity index (χ4n) is 3.17. The Kier molecular flexibility index (Phi) is 6.64. The van der Waals surface area contributed by atoms with Crippen LogP contribution >= 0.6 is 35.3 Å². The van der Waals surface area contributed by atoms with Crippen LogP contribution in [-0.2, 0) is 11.3 Å². The van der Waals surface area contributed by atoms with Gasteiger partial charge in [0.2, 0.25) is 5.91 Å². The van der Waals surface area contributed by atoms with Crippen LogP contribution in [0.3, 0.4) is 0 Å². The van der Waals surface area contributed by atoms with Gasteiger partial charge in [0.15, 0.2) is 14.8 Å². The third kappa shape index (κ3) is 4.79. The molecule has 158 valence electrons. The zero-order chi connectivity index (χ0) is 21.8. The highest BCUT2D eigenvalue weighted by Crippen LogP contribution is 2.24. The van der Waals surface area contributed by atoms with Gasteiger partial charge in [0.1, 0.15) is 4.70 Å². The van der Waals surface area contributed by atoms with E-state index in [1.165, 1.54) is 23.1 Å². The third-order valence-corrected chi connectivity index (χ3v) is 6.94. The molecular weight excluding hydrogens is 448 g/mol. The Morgan fingerprint density at radius 3 is 2.52 bits per heavy atom. The molecule has 0 atom stereocenters. The molecule has 4 aromatic rings. The summed E-state index contributed by atoms with van der Waals surface area (Å²) in [6.45, 7) is 3.11. The number of benzene rings is 2. The second-order valence-corrected chi connectivity index (χ2v) is 9.35. The zero-order valence-electron chi connectivity index (χ0n) is 16.8. The van der Waals surface area contributed by atoms with Crippen molar-refractivity contribution in [2.75, 3.05) is 12.3 Å². The van der Waals surface area contributed by atoms with E-state index in [1.807, 2.05) is 67.6 Å². The molecule has 0 fully saturated rings. The molecule has 0 aliphatic heterocycles. The Morgan fingerprint density at radius 2 is 1.84 bits per heavy atom. The summed E-state index contributed by atoms with van der Waals surface area (Å²) in [4.78, 5) is 34.6. The topological polar surface area (TPSA) is 71.0 Å². The summed E-state index contributed by atoms with van der Waals surface area (Å²) >= 11 is 7.93. The van der Waals surface area contributed by atoms with Gasteiger partial charge in [-0.2, -0.15) is 0 Å². The normalized spacial score (nSPS) is 11.0. The number of carbonyl (C=O) groups excluding carboxylic acids is 1. The summed E-state index contributed by atoms with van der Waals surface area (Å²) in [7, 11) is 0. The molecule has 2 aromatic heterocycles. The molecule has 0 aliphatic rings.